The maximum atomic E-state index is 5.83. The lowest BCUT2D eigenvalue weighted by Gasteiger charge is -2.14. The minimum absolute atomic E-state index is 0.508. The summed E-state index contributed by atoms with van der Waals surface area (Å²) in [6.45, 7) is 4.90. The Labute approximate surface area is 119 Å². The summed E-state index contributed by atoms with van der Waals surface area (Å²) in [6.07, 6.45) is 2.64. The molecule has 0 amide bonds. The lowest BCUT2D eigenvalue weighted by molar-refractivity contribution is 0.343. The molecular formula is C14H21ClN4. The van der Waals surface area contributed by atoms with Crippen molar-refractivity contribution in [1.82, 2.24) is 10.2 Å². The summed E-state index contributed by atoms with van der Waals surface area (Å²) >= 11 is 5.83. The molecule has 0 radical (unpaired) electrons. The first-order chi connectivity index (χ1) is 9.24. The Balaban J connectivity index is 1.68. The summed E-state index contributed by atoms with van der Waals surface area (Å²) in [5.74, 6) is 0.508. The zero-order valence-corrected chi connectivity index (χ0v) is 11.9. The number of hydrogen-bond acceptors (Lipinski definition) is 2. The lowest BCUT2D eigenvalue weighted by atomic mass is 10.2. The van der Waals surface area contributed by atoms with Gasteiger partial charge in [0.15, 0.2) is 5.96 Å². The summed E-state index contributed by atoms with van der Waals surface area (Å²) in [4.78, 5) is 6.75. The molecule has 0 bridgehead atoms. The number of guanidine groups is 1. The van der Waals surface area contributed by atoms with Gasteiger partial charge in [0.2, 0.25) is 0 Å². The van der Waals surface area contributed by atoms with Gasteiger partial charge in [-0.05, 0) is 43.6 Å². The fourth-order valence-corrected chi connectivity index (χ4v) is 2.30. The van der Waals surface area contributed by atoms with Gasteiger partial charge >= 0.3 is 0 Å². The predicted octanol–water partition coefficient (Wildman–Crippen LogP) is 1.84. The van der Waals surface area contributed by atoms with Crippen LogP contribution in [0.4, 0.5) is 0 Å². The van der Waals surface area contributed by atoms with E-state index in [1.807, 2.05) is 24.3 Å². The quantitative estimate of drug-likeness (QED) is 0.639. The Morgan fingerprint density at radius 2 is 1.95 bits per heavy atom. The van der Waals surface area contributed by atoms with Gasteiger partial charge in [0.05, 0.1) is 6.54 Å². The molecule has 1 aliphatic heterocycles. The van der Waals surface area contributed by atoms with Crippen molar-refractivity contribution in [2.24, 2.45) is 10.7 Å². The number of nitrogens with two attached hydrogens (primary N) is 1. The smallest absolute Gasteiger partial charge is 0.188 e. The van der Waals surface area contributed by atoms with E-state index in [1.54, 1.807) is 0 Å². The van der Waals surface area contributed by atoms with Crippen molar-refractivity contribution < 1.29 is 0 Å². The Hall–Kier alpha value is -1.26. The van der Waals surface area contributed by atoms with Crippen molar-refractivity contribution in [3.63, 3.8) is 0 Å². The first kappa shape index (κ1) is 14.2. The van der Waals surface area contributed by atoms with E-state index in [9.17, 15) is 0 Å². The summed E-state index contributed by atoms with van der Waals surface area (Å²) in [6, 6.07) is 7.65. The van der Waals surface area contributed by atoms with Gasteiger partial charge < -0.3 is 16.0 Å². The third-order valence-corrected chi connectivity index (χ3v) is 3.53. The molecule has 1 saturated heterocycles. The van der Waals surface area contributed by atoms with Gasteiger partial charge in [-0.1, -0.05) is 23.7 Å². The number of likely N-dealkylation sites (tertiary alicyclic amines) is 1. The first-order valence-corrected chi connectivity index (χ1v) is 7.12. The van der Waals surface area contributed by atoms with E-state index in [0.717, 1.165) is 23.7 Å². The molecule has 4 nitrogen and oxygen atoms in total. The molecule has 2 rings (SSSR count). The third kappa shape index (κ3) is 5.09. The van der Waals surface area contributed by atoms with Crippen LogP contribution in [-0.4, -0.2) is 37.0 Å². The number of benzene rings is 1. The highest BCUT2D eigenvalue weighted by atomic mass is 35.5. The molecule has 3 N–H and O–H groups in total. The van der Waals surface area contributed by atoms with Crippen LogP contribution in [0.3, 0.4) is 0 Å². The van der Waals surface area contributed by atoms with Gasteiger partial charge in [-0.2, -0.15) is 0 Å². The van der Waals surface area contributed by atoms with Gasteiger partial charge in [0.1, 0.15) is 0 Å². The maximum absolute atomic E-state index is 5.83. The molecule has 1 aromatic carbocycles. The first-order valence-electron chi connectivity index (χ1n) is 6.74. The molecule has 1 aliphatic rings. The van der Waals surface area contributed by atoms with Gasteiger partial charge in [0.25, 0.3) is 0 Å². The molecule has 0 aromatic heterocycles. The van der Waals surface area contributed by atoms with Crippen molar-refractivity contribution >= 4 is 17.6 Å². The van der Waals surface area contributed by atoms with E-state index < -0.39 is 0 Å². The van der Waals surface area contributed by atoms with Crippen LogP contribution in [0.15, 0.2) is 29.3 Å². The van der Waals surface area contributed by atoms with Crippen molar-refractivity contribution in [3.8, 4) is 0 Å². The normalized spacial score (nSPS) is 16.8. The van der Waals surface area contributed by atoms with E-state index in [4.69, 9.17) is 17.3 Å². The number of nitrogens with one attached hydrogen (secondary N) is 1. The molecule has 1 heterocycles. The van der Waals surface area contributed by atoms with Gasteiger partial charge in [-0.15, -0.1) is 0 Å². The maximum Gasteiger partial charge on any atom is 0.188 e. The van der Waals surface area contributed by atoms with Crippen molar-refractivity contribution in [2.45, 2.75) is 19.4 Å². The van der Waals surface area contributed by atoms with Crippen molar-refractivity contribution in [1.29, 1.82) is 0 Å². The SMILES string of the molecule is NC(=NCc1ccc(Cl)cc1)NCCN1CCCC1. The second-order valence-electron chi connectivity index (χ2n) is 4.80. The zero-order valence-electron chi connectivity index (χ0n) is 11.1. The van der Waals surface area contributed by atoms with Crippen LogP contribution in [0, 0.1) is 0 Å². The number of halogens is 1. The van der Waals surface area contributed by atoms with Crippen molar-refractivity contribution in [3.05, 3.63) is 34.9 Å². The average Bonchev–Trinajstić information content (AvgIpc) is 2.91. The fourth-order valence-electron chi connectivity index (χ4n) is 2.17. The number of nitrogens with zero attached hydrogens (tertiary/aromatic N) is 2. The highest BCUT2D eigenvalue weighted by Crippen LogP contribution is 2.10. The molecule has 104 valence electrons. The Morgan fingerprint density at radius 1 is 1.26 bits per heavy atom. The van der Waals surface area contributed by atoms with Crippen LogP contribution in [0.25, 0.3) is 0 Å². The molecule has 1 aromatic rings. The van der Waals surface area contributed by atoms with Crippen molar-refractivity contribution in [2.75, 3.05) is 26.2 Å². The second-order valence-corrected chi connectivity index (χ2v) is 5.24. The standard InChI is InChI=1S/C14H21ClN4/c15-13-5-3-12(4-6-13)11-18-14(16)17-7-10-19-8-1-2-9-19/h3-6H,1-2,7-11H2,(H3,16,17,18). The average molecular weight is 281 g/mol. The third-order valence-electron chi connectivity index (χ3n) is 3.28. The van der Waals surface area contributed by atoms with Crippen LogP contribution in [0.5, 0.6) is 0 Å². The van der Waals surface area contributed by atoms with E-state index in [1.165, 1.54) is 25.9 Å². The Kier molecular flexibility index (Phi) is 5.48. The van der Waals surface area contributed by atoms with Gasteiger partial charge in [0, 0.05) is 18.1 Å². The minimum Gasteiger partial charge on any atom is -0.370 e. The van der Waals surface area contributed by atoms with Crippen LogP contribution < -0.4 is 11.1 Å². The summed E-state index contributed by atoms with van der Waals surface area (Å²) in [5, 5.41) is 3.89. The number of rotatable bonds is 5. The Bertz CT molecular complexity index is 410. The molecule has 5 heteroatoms. The zero-order chi connectivity index (χ0) is 13.5. The van der Waals surface area contributed by atoms with Crippen LogP contribution in [-0.2, 0) is 6.54 Å². The molecule has 0 saturated carbocycles. The van der Waals surface area contributed by atoms with Gasteiger partial charge in [-0.25, -0.2) is 4.99 Å². The van der Waals surface area contributed by atoms with E-state index in [2.05, 4.69) is 15.2 Å². The highest BCUT2D eigenvalue weighted by molar-refractivity contribution is 6.30. The summed E-state index contributed by atoms with van der Waals surface area (Å²) in [5.41, 5.74) is 6.94. The van der Waals surface area contributed by atoms with E-state index >= 15 is 0 Å². The van der Waals surface area contributed by atoms with Crippen LogP contribution in [0.1, 0.15) is 18.4 Å². The molecule has 19 heavy (non-hydrogen) atoms. The molecule has 0 unspecified atom stereocenters. The predicted molar refractivity (Wildman–Crippen MR) is 80.5 cm³/mol. The minimum atomic E-state index is 0.508. The molecule has 1 fully saturated rings. The lowest BCUT2D eigenvalue weighted by Crippen LogP contribution is -2.37. The topological polar surface area (TPSA) is 53.6 Å². The highest BCUT2D eigenvalue weighted by Gasteiger charge is 2.10. The Morgan fingerprint density at radius 3 is 2.63 bits per heavy atom. The van der Waals surface area contributed by atoms with E-state index in [0.29, 0.717) is 12.5 Å². The second kappa shape index (κ2) is 7.36. The molecule has 0 aliphatic carbocycles. The van der Waals surface area contributed by atoms with Crippen LogP contribution in [0.2, 0.25) is 5.02 Å². The summed E-state index contributed by atoms with van der Waals surface area (Å²) < 4.78 is 0. The molecular weight excluding hydrogens is 260 g/mol. The fraction of sp³-hybridized carbons (Fsp3) is 0.500. The number of hydrogen-bond donors (Lipinski definition) is 2. The van der Waals surface area contributed by atoms with Gasteiger partial charge in [-0.3, -0.25) is 0 Å². The summed E-state index contributed by atoms with van der Waals surface area (Å²) in [7, 11) is 0. The molecule has 0 spiro atoms. The number of aliphatic imine (C=N–C) groups is 1. The van der Waals surface area contributed by atoms with E-state index in [-0.39, 0.29) is 0 Å². The largest absolute Gasteiger partial charge is 0.370 e. The van der Waals surface area contributed by atoms with Crippen LogP contribution >= 0.6 is 11.6 Å². The molecule has 0 atom stereocenters. The monoisotopic (exact) mass is 280 g/mol.